The number of allylic oxidation sites excluding steroid dienone is 2. The second-order valence-electron chi connectivity index (χ2n) is 7.54. The molecule has 3 aliphatic heterocycles. The summed E-state index contributed by atoms with van der Waals surface area (Å²) >= 11 is 0. The summed E-state index contributed by atoms with van der Waals surface area (Å²) in [4.78, 5) is 8.75. The number of fused-ring (bicyclic) bond motifs is 1. The number of rotatable bonds is 3. The lowest BCUT2D eigenvalue weighted by atomic mass is 10.1. The fraction of sp³-hybridized carbons (Fsp3) is 0.400. The molecule has 4 heterocycles. The van der Waals surface area contributed by atoms with Gasteiger partial charge in [-0.05, 0) is 37.1 Å². The molecule has 0 spiro atoms. The summed E-state index contributed by atoms with van der Waals surface area (Å²) in [5.74, 6) is 0.814. The smallest absolute Gasteiger partial charge is 0.251 e. The molecule has 2 fully saturated rings. The van der Waals surface area contributed by atoms with Crippen molar-refractivity contribution in [2.75, 3.05) is 31.1 Å². The highest BCUT2D eigenvalue weighted by atomic mass is 19.1. The van der Waals surface area contributed by atoms with E-state index in [9.17, 15) is 8.78 Å². The average Bonchev–Trinajstić information content (AvgIpc) is 3.37. The van der Waals surface area contributed by atoms with E-state index in [1.165, 1.54) is 28.7 Å². The normalized spacial score (nSPS) is 24.4. The van der Waals surface area contributed by atoms with Crippen molar-refractivity contribution in [3.8, 4) is 5.69 Å². The van der Waals surface area contributed by atoms with Crippen LogP contribution in [0, 0.1) is 17.6 Å². The highest BCUT2D eigenvalue weighted by molar-refractivity contribution is 5.47. The SMILES string of the molecule is CC1=CCN(c2ncn(-c3cc(F)cc(F)c3)n2)C(N2CC3CCOC3C2)=C1. The van der Waals surface area contributed by atoms with Crippen LogP contribution < -0.4 is 4.90 Å². The van der Waals surface area contributed by atoms with Gasteiger partial charge in [0.25, 0.3) is 5.95 Å². The van der Waals surface area contributed by atoms with Crippen molar-refractivity contribution < 1.29 is 13.5 Å². The Balaban J connectivity index is 1.43. The van der Waals surface area contributed by atoms with Crippen LogP contribution in [0.2, 0.25) is 0 Å². The molecule has 146 valence electrons. The lowest BCUT2D eigenvalue weighted by molar-refractivity contribution is 0.103. The van der Waals surface area contributed by atoms with Gasteiger partial charge in [-0.2, -0.15) is 4.98 Å². The van der Waals surface area contributed by atoms with Crippen molar-refractivity contribution >= 4 is 5.95 Å². The Morgan fingerprint density at radius 2 is 1.96 bits per heavy atom. The van der Waals surface area contributed by atoms with E-state index in [1.54, 1.807) is 0 Å². The molecule has 2 saturated heterocycles. The van der Waals surface area contributed by atoms with E-state index in [2.05, 4.69) is 34.1 Å². The number of halogens is 2. The molecule has 2 aromatic rings. The van der Waals surface area contributed by atoms with Crippen LogP contribution in [-0.2, 0) is 4.74 Å². The van der Waals surface area contributed by atoms with Crippen LogP contribution in [0.3, 0.4) is 0 Å². The zero-order chi connectivity index (χ0) is 19.3. The van der Waals surface area contributed by atoms with Crippen LogP contribution in [0.25, 0.3) is 5.69 Å². The molecule has 2 atom stereocenters. The summed E-state index contributed by atoms with van der Waals surface area (Å²) in [6.45, 7) is 5.38. The number of hydrogen-bond donors (Lipinski definition) is 0. The van der Waals surface area contributed by atoms with Gasteiger partial charge in [-0.1, -0.05) is 6.08 Å². The number of benzene rings is 1. The van der Waals surface area contributed by atoms with E-state index in [0.717, 1.165) is 38.0 Å². The summed E-state index contributed by atoms with van der Waals surface area (Å²) in [5.41, 5.74) is 1.49. The summed E-state index contributed by atoms with van der Waals surface area (Å²) in [6.07, 6.45) is 7.11. The van der Waals surface area contributed by atoms with Crippen molar-refractivity contribution in [3.05, 3.63) is 59.7 Å². The Hall–Kier alpha value is -2.74. The van der Waals surface area contributed by atoms with Crippen LogP contribution in [-0.4, -0.2) is 52.0 Å². The number of ether oxygens (including phenoxy) is 1. The summed E-state index contributed by atoms with van der Waals surface area (Å²) < 4.78 is 34.3. The topological polar surface area (TPSA) is 46.4 Å². The minimum absolute atomic E-state index is 0.287. The molecule has 0 saturated carbocycles. The molecule has 0 amide bonds. The van der Waals surface area contributed by atoms with Crippen LogP contribution in [0.15, 0.2) is 48.1 Å². The van der Waals surface area contributed by atoms with Crippen LogP contribution in [0.1, 0.15) is 13.3 Å². The van der Waals surface area contributed by atoms with Crippen LogP contribution >= 0.6 is 0 Å². The van der Waals surface area contributed by atoms with E-state index in [-0.39, 0.29) is 6.10 Å². The number of hydrogen-bond acceptors (Lipinski definition) is 5. The Kier molecular flexibility index (Phi) is 4.16. The third kappa shape index (κ3) is 3.07. The van der Waals surface area contributed by atoms with Crippen LogP contribution in [0.4, 0.5) is 14.7 Å². The first-order valence-corrected chi connectivity index (χ1v) is 9.47. The number of anilines is 1. The molecule has 1 aromatic carbocycles. The van der Waals surface area contributed by atoms with Crippen molar-refractivity contribution in [1.29, 1.82) is 0 Å². The first-order valence-electron chi connectivity index (χ1n) is 9.47. The number of aromatic nitrogens is 3. The van der Waals surface area contributed by atoms with Crippen molar-refractivity contribution in [1.82, 2.24) is 19.7 Å². The maximum absolute atomic E-state index is 13.5. The maximum Gasteiger partial charge on any atom is 0.251 e. The fourth-order valence-corrected chi connectivity index (χ4v) is 4.15. The largest absolute Gasteiger partial charge is 0.376 e. The third-order valence-electron chi connectivity index (χ3n) is 5.59. The van der Waals surface area contributed by atoms with Gasteiger partial charge < -0.3 is 9.64 Å². The molecule has 8 heteroatoms. The highest BCUT2D eigenvalue weighted by Crippen LogP contribution is 2.34. The molecule has 2 unspecified atom stereocenters. The third-order valence-corrected chi connectivity index (χ3v) is 5.59. The van der Waals surface area contributed by atoms with Crippen molar-refractivity contribution in [2.24, 2.45) is 5.92 Å². The zero-order valence-corrected chi connectivity index (χ0v) is 15.6. The number of likely N-dealkylation sites (tertiary alicyclic amines) is 1. The molecular formula is C20H21F2N5O. The molecule has 0 N–H and O–H groups in total. The second-order valence-corrected chi connectivity index (χ2v) is 7.54. The minimum Gasteiger partial charge on any atom is -0.376 e. The first-order chi connectivity index (χ1) is 13.6. The standard InChI is InChI=1S/C20H21F2N5O/c1-13-2-4-26(19(6-13)25-10-14-3-5-28-18(14)11-25)20-23-12-27(24-20)17-8-15(21)7-16(22)9-17/h2,6-9,12,14,18H,3-5,10-11H2,1H3. The molecule has 1 aromatic heterocycles. The van der Waals surface area contributed by atoms with Gasteiger partial charge in [0, 0.05) is 38.2 Å². The Morgan fingerprint density at radius 3 is 2.75 bits per heavy atom. The quantitative estimate of drug-likeness (QED) is 0.813. The lowest BCUT2D eigenvalue weighted by Gasteiger charge is -2.33. The second kappa shape index (κ2) is 6.70. The number of nitrogens with zero attached hydrogens (tertiary/aromatic N) is 5. The molecule has 6 nitrogen and oxygen atoms in total. The highest BCUT2D eigenvalue weighted by Gasteiger charge is 2.39. The van der Waals surface area contributed by atoms with E-state index < -0.39 is 11.6 Å². The summed E-state index contributed by atoms with van der Waals surface area (Å²) in [5, 5.41) is 4.48. The summed E-state index contributed by atoms with van der Waals surface area (Å²) in [6, 6.07) is 3.31. The van der Waals surface area contributed by atoms with Gasteiger partial charge in [-0.25, -0.2) is 13.5 Å². The van der Waals surface area contributed by atoms with Gasteiger partial charge >= 0.3 is 0 Å². The molecule has 3 aliphatic rings. The minimum atomic E-state index is -0.646. The van der Waals surface area contributed by atoms with E-state index in [1.807, 2.05) is 4.90 Å². The predicted octanol–water partition coefficient (Wildman–Crippen LogP) is 2.87. The van der Waals surface area contributed by atoms with Gasteiger partial charge in [0.05, 0.1) is 11.8 Å². The first kappa shape index (κ1) is 17.4. The maximum atomic E-state index is 13.5. The average molecular weight is 385 g/mol. The molecular weight excluding hydrogens is 364 g/mol. The van der Waals surface area contributed by atoms with Crippen molar-refractivity contribution in [3.63, 3.8) is 0 Å². The molecule has 0 radical (unpaired) electrons. The molecule has 0 aliphatic carbocycles. The van der Waals surface area contributed by atoms with E-state index in [4.69, 9.17) is 4.74 Å². The van der Waals surface area contributed by atoms with E-state index in [0.29, 0.717) is 24.1 Å². The Morgan fingerprint density at radius 1 is 1.14 bits per heavy atom. The van der Waals surface area contributed by atoms with Gasteiger partial charge in [0.1, 0.15) is 23.8 Å². The zero-order valence-electron chi connectivity index (χ0n) is 15.6. The monoisotopic (exact) mass is 385 g/mol. The molecule has 0 bridgehead atoms. The van der Waals surface area contributed by atoms with Gasteiger partial charge in [0.2, 0.25) is 0 Å². The van der Waals surface area contributed by atoms with Gasteiger partial charge in [-0.3, -0.25) is 4.90 Å². The van der Waals surface area contributed by atoms with E-state index >= 15 is 0 Å². The van der Waals surface area contributed by atoms with Crippen molar-refractivity contribution in [2.45, 2.75) is 19.4 Å². The van der Waals surface area contributed by atoms with Gasteiger partial charge in [0.15, 0.2) is 0 Å². The fourth-order valence-electron chi connectivity index (χ4n) is 4.15. The summed E-state index contributed by atoms with van der Waals surface area (Å²) in [7, 11) is 0. The van der Waals surface area contributed by atoms with Gasteiger partial charge in [-0.15, -0.1) is 5.10 Å². The molecule has 28 heavy (non-hydrogen) atoms. The lowest BCUT2D eigenvalue weighted by Crippen LogP contribution is -2.37. The Bertz CT molecular complexity index is 937. The van der Waals surface area contributed by atoms with Crippen LogP contribution in [0.5, 0.6) is 0 Å². The Labute approximate surface area is 161 Å². The molecule has 5 rings (SSSR count). The predicted molar refractivity (Wildman–Crippen MR) is 99.9 cm³/mol.